The van der Waals surface area contributed by atoms with Crippen LogP contribution in [0.4, 0.5) is 10.1 Å². The van der Waals surface area contributed by atoms with E-state index in [0.29, 0.717) is 24.3 Å². The van der Waals surface area contributed by atoms with Crippen LogP contribution in [0.5, 0.6) is 5.75 Å². The molecule has 4 rings (SSSR count). The average molecular weight is 618 g/mol. The molecule has 1 atom stereocenters. The Morgan fingerprint density at radius 2 is 1.50 bits per heavy atom. The van der Waals surface area contributed by atoms with E-state index >= 15 is 0 Å². The maximum Gasteiger partial charge on any atom is 0.264 e. The van der Waals surface area contributed by atoms with Crippen molar-refractivity contribution in [3.05, 3.63) is 126 Å². The van der Waals surface area contributed by atoms with Crippen molar-refractivity contribution in [3.63, 3.8) is 0 Å². The van der Waals surface area contributed by atoms with Gasteiger partial charge in [0.1, 0.15) is 24.2 Å². The number of halogens is 1. The zero-order valence-corrected chi connectivity index (χ0v) is 25.5. The van der Waals surface area contributed by atoms with Gasteiger partial charge in [0, 0.05) is 19.5 Å². The Labute approximate surface area is 258 Å². The number of carbonyl (C=O) groups excluding carboxylic acids is 2. The summed E-state index contributed by atoms with van der Waals surface area (Å²) in [6.07, 6.45) is 0.898. The van der Waals surface area contributed by atoms with Crippen LogP contribution in [0.2, 0.25) is 0 Å². The lowest BCUT2D eigenvalue weighted by Gasteiger charge is -2.34. The van der Waals surface area contributed by atoms with E-state index in [2.05, 4.69) is 5.32 Å². The van der Waals surface area contributed by atoms with Crippen molar-refractivity contribution in [2.24, 2.45) is 0 Å². The fourth-order valence-electron chi connectivity index (χ4n) is 4.74. The third-order valence-electron chi connectivity index (χ3n) is 7.03. The first kappa shape index (κ1) is 32.2. The molecule has 0 aliphatic carbocycles. The second kappa shape index (κ2) is 15.2. The van der Waals surface area contributed by atoms with Gasteiger partial charge in [0.05, 0.1) is 17.7 Å². The normalized spacial score (nSPS) is 11.8. The third-order valence-corrected chi connectivity index (χ3v) is 8.82. The minimum atomic E-state index is -4.26. The topological polar surface area (TPSA) is 96.0 Å². The highest BCUT2D eigenvalue weighted by Gasteiger charge is 2.34. The molecule has 10 heteroatoms. The van der Waals surface area contributed by atoms with Gasteiger partial charge in [-0.25, -0.2) is 12.8 Å². The van der Waals surface area contributed by atoms with Crippen molar-refractivity contribution >= 4 is 27.5 Å². The van der Waals surface area contributed by atoms with Gasteiger partial charge in [-0.2, -0.15) is 0 Å². The number of nitrogens with zero attached hydrogens (tertiary/aromatic N) is 2. The number of sulfonamides is 1. The number of benzene rings is 4. The first-order valence-electron chi connectivity index (χ1n) is 14.3. The molecule has 4 aromatic rings. The number of amides is 2. The van der Waals surface area contributed by atoms with Gasteiger partial charge in [0.25, 0.3) is 10.0 Å². The number of nitrogens with one attached hydrogen (secondary N) is 1. The van der Waals surface area contributed by atoms with Gasteiger partial charge in [-0.15, -0.1) is 0 Å². The monoisotopic (exact) mass is 617 g/mol. The smallest absolute Gasteiger partial charge is 0.264 e. The minimum Gasteiger partial charge on any atom is -0.497 e. The van der Waals surface area contributed by atoms with E-state index in [1.54, 1.807) is 36.4 Å². The van der Waals surface area contributed by atoms with E-state index in [1.807, 2.05) is 43.3 Å². The molecular weight excluding hydrogens is 581 g/mol. The molecule has 44 heavy (non-hydrogen) atoms. The fraction of sp³-hybridized carbons (Fsp3) is 0.235. The van der Waals surface area contributed by atoms with Crippen LogP contribution in [0.1, 0.15) is 24.5 Å². The zero-order chi connectivity index (χ0) is 31.5. The first-order valence-corrected chi connectivity index (χ1v) is 15.7. The van der Waals surface area contributed by atoms with Crippen LogP contribution in [-0.4, -0.2) is 51.4 Å². The highest BCUT2D eigenvalue weighted by Crippen LogP contribution is 2.26. The molecule has 0 saturated heterocycles. The van der Waals surface area contributed by atoms with Gasteiger partial charge < -0.3 is 15.0 Å². The summed E-state index contributed by atoms with van der Waals surface area (Å²) in [6, 6.07) is 28.1. The predicted octanol–water partition coefficient (Wildman–Crippen LogP) is 5.20. The van der Waals surface area contributed by atoms with E-state index in [1.165, 1.54) is 36.3 Å². The van der Waals surface area contributed by atoms with Crippen molar-refractivity contribution < 1.29 is 27.1 Å². The SMILES string of the molecule is CCCNC(=O)[C@@H](Cc1ccccc1)N(Cc1cccc(OC)c1)C(=O)CN(c1ccc(F)cc1)S(=O)(=O)c1ccccc1. The van der Waals surface area contributed by atoms with Crippen LogP contribution < -0.4 is 14.4 Å². The maximum absolute atomic E-state index is 14.4. The van der Waals surface area contributed by atoms with E-state index < -0.39 is 34.3 Å². The zero-order valence-electron chi connectivity index (χ0n) is 24.7. The van der Waals surface area contributed by atoms with E-state index in [0.717, 1.165) is 22.0 Å². The second-order valence-electron chi connectivity index (χ2n) is 10.2. The molecule has 0 fully saturated rings. The standard InChI is InChI=1S/C34H36FN3O5S/c1-3-21-36-34(40)32(23-26-11-6-4-7-12-26)37(24-27-13-10-14-30(22-27)43-2)33(39)25-38(29-19-17-28(35)18-20-29)44(41,42)31-15-8-5-9-16-31/h4-20,22,32H,3,21,23-25H2,1-2H3,(H,36,40)/t32-/m1/s1. The van der Waals surface area contributed by atoms with E-state index in [-0.39, 0.29) is 29.5 Å². The summed E-state index contributed by atoms with van der Waals surface area (Å²) in [7, 11) is -2.72. The molecule has 0 bridgehead atoms. The molecular formula is C34H36FN3O5S. The van der Waals surface area contributed by atoms with Gasteiger partial charge in [-0.3, -0.25) is 13.9 Å². The number of rotatable bonds is 14. The molecule has 8 nitrogen and oxygen atoms in total. The van der Waals surface area contributed by atoms with Crippen molar-refractivity contribution in [2.75, 3.05) is 24.5 Å². The molecule has 230 valence electrons. The summed E-state index contributed by atoms with van der Waals surface area (Å²) in [5.41, 5.74) is 1.64. The van der Waals surface area contributed by atoms with Gasteiger partial charge in [0.2, 0.25) is 11.8 Å². The highest BCUT2D eigenvalue weighted by molar-refractivity contribution is 7.92. The molecule has 0 aliphatic rings. The predicted molar refractivity (Wildman–Crippen MR) is 168 cm³/mol. The molecule has 2 amide bonds. The number of ether oxygens (including phenoxy) is 1. The third kappa shape index (κ3) is 8.23. The van der Waals surface area contributed by atoms with Gasteiger partial charge in [0.15, 0.2) is 0 Å². The van der Waals surface area contributed by atoms with Crippen LogP contribution >= 0.6 is 0 Å². The molecule has 0 aliphatic heterocycles. The van der Waals surface area contributed by atoms with Crippen molar-refractivity contribution in [1.82, 2.24) is 10.2 Å². The summed E-state index contributed by atoms with van der Waals surface area (Å²) < 4.78 is 48.0. The Hall–Kier alpha value is -4.70. The lowest BCUT2D eigenvalue weighted by Crippen LogP contribution is -2.53. The molecule has 4 aromatic carbocycles. The lowest BCUT2D eigenvalue weighted by atomic mass is 10.0. The Morgan fingerprint density at radius 3 is 2.14 bits per heavy atom. The minimum absolute atomic E-state index is 0.00964. The molecule has 0 aromatic heterocycles. The molecule has 0 unspecified atom stereocenters. The van der Waals surface area contributed by atoms with Gasteiger partial charge in [-0.05, 0) is 66.1 Å². The number of anilines is 1. The largest absolute Gasteiger partial charge is 0.497 e. The Morgan fingerprint density at radius 1 is 0.864 bits per heavy atom. The summed E-state index contributed by atoms with van der Waals surface area (Å²) in [4.78, 5) is 29.4. The summed E-state index contributed by atoms with van der Waals surface area (Å²) in [5, 5.41) is 2.91. The van der Waals surface area contributed by atoms with E-state index in [4.69, 9.17) is 4.74 Å². The summed E-state index contributed by atoms with van der Waals surface area (Å²) in [6.45, 7) is 1.73. The molecule has 0 heterocycles. The Kier molecular flexibility index (Phi) is 11.1. The molecule has 0 saturated carbocycles. The Balaban J connectivity index is 1.79. The van der Waals surface area contributed by atoms with Crippen molar-refractivity contribution in [1.29, 1.82) is 0 Å². The fourth-order valence-corrected chi connectivity index (χ4v) is 6.18. The number of hydrogen-bond acceptors (Lipinski definition) is 5. The van der Waals surface area contributed by atoms with Crippen LogP contribution in [0, 0.1) is 5.82 Å². The number of methoxy groups -OCH3 is 1. The molecule has 1 N–H and O–H groups in total. The Bertz CT molecular complexity index is 1630. The molecule has 0 radical (unpaired) electrons. The van der Waals surface area contributed by atoms with Crippen LogP contribution in [0.15, 0.2) is 114 Å². The number of carbonyl (C=O) groups is 2. The maximum atomic E-state index is 14.4. The van der Waals surface area contributed by atoms with Crippen LogP contribution in [-0.2, 0) is 32.6 Å². The van der Waals surface area contributed by atoms with Crippen molar-refractivity contribution in [2.45, 2.75) is 37.2 Å². The average Bonchev–Trinajstić information content (AvgIpc) is 3.05. The van der Waals surface area contributed by atoms with E-state index in [9.17, 15) is 22.4 Å². The lowest BCUT2D eigenvalue weighted by molar-refractivity contribution is -0.140. The van der Waals surface area contributed by atoms with Crippen molar-refractivity contribution in [3.8, 4) is 5.75 Å². The van der Waals surface area contributed by atoms with Crippen LogP contribution in [0.3, 0.4) is 0 Å². The number of hydrogen-bond donors (Lipinski definition) is 1. The van der Waals surface area contributed by atoms with Gasteiger partial charge >= 0.3 is 0 Å². The summed E-state index contributed by atoms with van der Waals surface area (Å²) in [5.74, 6) is -0.938. The summed E-state index contributed by atoms with van der Waals surface area (Å²) >= 11 is 0. The second-order valence-corrected chi connectivity index (χ2v) is 12.0. The quantitative estimate of drug-likeness (QED) is 0.210. The molecule has 0 spiro atoms. The van der Waals surface area contributed by atoms with Crippen LogP contribution in [0.25, 0.3) is 0 Å². The first-order chi connectivity index (χ1) is 21.2. The highest BCUT2D eigenvalue weighted by atomic mass is 32.2. The van der Waals surface area contributed by atoms with Gasteiger partial charge in [-0.1, -0.05) is 67.6 Å².